The fourth-order valence-electron chi connectivity index (χ4n) is 3.18. The van der Waals surface area contributed by atoms with Gasteiger partial charge in [0.15, 0.2) is 17.2 Å². The van der Waals surface area contributed by atoms with Gasteiger partial charge >= 0.3 is 6.18 Å². The summed E-state index contributed by atoms with van der Waals surface area (Å²) in [7, 11) is 0.939. The zero-order valence-corrected chi connectivity index (χ0v) is 18.0. The van der Waals surface area contributed by atoms with Crippen LogP contribution in [0.1, 0.15) is 5.56 Å². The molecule has 6 nitrogen and oxygen atoms in total. The third kappa shape index (κ3) is 5.18. The summed E-state index contributed by atoms with van der Waals surface area (Å²) in [6.07, 6.45) is -4.54. The van der Waals surface area contributed by atoms with Crippen LogP contribution in [0.4, 0.5) is 13.2 Å². The Hall–Kier alpha value is -2.43. The Balaban J connectivity index is 2.67. The van der Waals surface area contributed by atoms with Gasteiger partial charge in [-0.15, -0.1) is 0 Å². The van der Waals surface area contributed by atoms with Crippen molar-refractivity contribution in [3.8, 4) is 23.0 Å². The lowest BCUT2D eigenvalue weighted by atomic mass is 10.2. The zero-order valence-electron chi connectivity index (χ0n) is 17.0. The molecular formula is C20H25F3O6Si. The molecule has 0 aromatic heterocycles. The van der Waals surface area contributed by atoms with Gasteiger partial charge in [-0.1, -0.05) is 18.2 Å². The summed E-state index contributed by atoms with van der Waals surface area (Å²) < 4.78 is 62.2. The molecule has 0 saturated heterocycles. The highest BCUT2D eigenvalue weighted by Crippen LogP contribution is 2.43. The van der Waals surface area contributed by atoms with Crippen LogP contribution < -0.4 is 23.8 Å². The second kappa shape index (κ2) is 10.1. The number of halogens is 3. The van der Waals surface area contributed by atoms with E-state index < -0.39 is 20.1 Å². The number of rotatable bonds is 10. The molecule has 0 bridgehead atoms. The van der Waals surface area contributed by atoms with E-state index in [0.29, 0.717) is 10.9 Å². The van der Waals surface area contributed by atoms with Gasteiger partial charge in [-0.25, -0.2) is 0 Å². The Morgan fingerprint density at radius 3 is 1.87 bits per heavy atom. The van der Waals surface area contributed by atoms with E-state index in [2.05, 4.69) is 0 Å². The van der Waals surface area contributed by atoms with E-state index in [0.717, 1.165) is 12.1 Å². The van der Waals surface area contributed by atoms with Crippen LogP contribution in [0.5, 0.6) is 23.0 Å². The van der Waals surface area contributed by atoms with Crippen molar-refractivity contribution in [2.45, 2.75) is 18.3 Å². The monoisotopic (exact) mass is 446 g/mol. The van der Waals surface area contributed by atoms with Gasteiger partial charge in [0.1, 0.15) is 5.75 Å². The molecule has 30 heavy (non-hydrogen) atoms. The summed E-state index contributed by atoms with van der Waals surface area (Å²) in [6.45, 7) is -0.660. The van der Waals surface area contributed by atoms with Crippen LogP contribution in [-0.2, 0) is 6.18 Å². The van der Waals surface area contributed by atoms with Gasteiger partial charge in [0.25, 0.3) is 8.32 Å². The van der Waals surface area contributed by atoms with Crippen molar-refractivity contribution in [2.75, 3.05) is 34.5 Å². The normalized spacial score (nSPS) is 11.9. The Morgan fingerprint density at radius 1 is 0.867 bits per heavy atom. The van der Waals surface area contributed by atoms with Crippen molar-refractivity contribution in [1.82, 2.24) is 0 Å². The molecule has 0 heterocycles. The molecular weight excluding hydrogens is 421 g/mol. The first-order valence-electron chi connectivity index (χ1n) is 9.13. The highest BCUT2D eigenvalue weighted by molar-refractivity contribution is 6.87. The highest BCUT2D eigenvalue weighted by atomic mass is 28.4. The zero-order chi connectivity index (χ0) is 22.4. The minimum absolute atomic E-state index is 0.0627. The van der Waals surface area contributed by atoms with Gasteiger partial charge in [-0.3, -0.25) is 0 Å². The Labute approximate surface area is 173 Å². The summed E-state index contributed by atoms with van der Waals surface area (Å²) >= 11 is 0. The van der Waals surface area contributed by atoms with Crippen LogP contribution in [0.3, 0.4) is 0 Å². The smallest absolute Gasteiger partial charge is 0.416 e. The van der Waals surface area contributed by atoms with Gasteiger partial charge in [-0.05, 0) is 11.3 Å². The molecule has 0 atom stereocenters. The Bertz CT molecular complexity index is 813. The number of methoxy groups -OCH3 is 3. The Morgan fingerprint density at radius 2 is 1.43 bits per heavy atom. The Kier molecular flexibility index (Phi) is 7.99. The molecule has 0 aliphatic carbocycles. The van der Waals surface area contributed by atoms with E-state index in [1.807, 2.05) is 0 Å². The average Bonchev–Trinajstić information content (AvgIpc) is 2.73. The molecule has 2 aromatic carbocycles. The second-order valence-electron chi connectivity index (χ2n) is 6.48. The van der Waals surface area contributed by atoms with E-state index >= 15 is 0 Å². The molecule has 2 aromatic rings. The standard InChI is InChI=1S/C20H25F3O6Si/c1-26-15-12-17(27-2)19(18(13-15)28-3)29-30(9-7-24,10-8-25)16-6-4-5-14(11-16)20(21,22)23/h4-6,11-13,24-25H,7-10H2,1-3H3. The minimum Gasteiger partial charge on any atom is -0.534 e. The third-order valence-corrected chi connectivity index (χ3v) is 8.74. The van der Waals surface area contributed by atoms with Crippen LogP contribution in [0, 0.1) is 0 Å². The van der Waals surface area contributed by atoms with Crippen LogP contribution in [-0.4, -0.2) is 53.1 Å². The topological polar surface area (TPSA) is 77.4 Å². The van der Waals surface area contributed by atoms with Gasteiger partial charge in [0.05, 0.1) is 26.9 Å². The van der Waals surface area contributed by atoms with Crippen LogP contribution in [0.15, 0.2) is 36.4 Å². The van der Waals surface area contributed by atoms with E-state index in [1.54, 1.807) is 12.1 Å². The fourth-order valence-corrected chi connectivity index (χ4v) is 6.47. The maximum atomic E-state index is 13.3. The van der Waals surface area contributed by atoms with Crippen molar-refractivity contribution < 1.29 is 42.0 Å². The lowest BCUT2D eigenvalue weighted by Crippen LogP contribution is -2.55. The van der Waals surface area contributed by atoms with Crippen LogP contribution in [0.2, 0.25) is 12.1 Å². The molecule has 0 saturated carbocycles. The van der Waals surface area contributed by atoms with Gasteiger partial charge < -0.3 is 28.8 Å². The maximum Gasteiger partial charge on any atom is 0.416 e. The predicted molar refractivity (Wildman–Crippen MR) is 107 cm³/mol. The largest absolute Gasteiger partial charge is 0.534 e. The molecule has 166 valence electrons. The van der Waals surface area contributed by atoms with E-state index in [1.165, 1.54) is 33.5 Å². The molecule has 0 fully saturated rings. The first-order valence-corrected chi connectivity index (χ1v) is 11.5. The number of aliphatic hydroxyl groups is 2. The van der Waals surface area contributed by atoms with Crippen LogP contribution in [0.25, 0.3) is 0 Å². The number of hydrogen-bond donors (Lipinski definition) is 2. The van der Waals surface area contributed by atoms with E-state index in [-0.39, 0.29) is 42.6 Å². The summed E-state index contributed by atoms with van der Waals surface area (Å²) in [5.74, 6) is 1.12. The summed E-state index contributed by atoms with van der Waals surface area (Å²) in [6, 6.07) is 8.04. The van der Waals surface area contributed by atoms with Gasteiger partial charge in [0, 0.05) is 37.4 Å². The van der Waals surface area contributed by atoms with E-state index in [9.17, 15) is 23.4 Å². The lowest BCUT2D eigenvalue weighted by Gasteiger charge is -2.33. The average molecular weight is 446 g/mol. The first kappa shape index (κ1) is 23.8. The van der Waals surface area contributed by atoms with Gasteiger partial charge in [-0.2, -0.15) is 13.2 Å². The second-order valence-corrected chi connectivity index (χ2v) is 10.3. The summed E-state index contributed by atoms with van der Waals surface area (Å²) in [4.78, 5) is 0. The lowest BCUT2D eigenvalue weighted by molar-refractivity contribution is -0.137. The molecule has 2 rings (SSSR count). The van der Waals surface area contributed by atoms with Crippen LogP contribution >= 0.6 is 0 Å². The number of benzene rings is 2. The third-order valence-electron chi connectivity index (χ3n) is 4.71. The summed E-state index contributed by atoms with van der Waals surface area (Å²) in [5, 5.41) is 19.7. The predicted octanol–water partition coefficient (Wildman–Crippen LogP) is 2.95. The molecule has 0 aliphatic rings. The highest BCUT2D eigenvalue weighted by Gasteiger charge is 2.42. The summed E-state index contributed by atoms with van der Waals surface area (Å²) in [5.41, 5.74) is -0.829. The fraction of sp³-hybridized carbons (Fsp3) is 0.400. The van der Waals surface area contributed by atoms with Crippen molar-refractivity contribution in [3.63, 3.8) is 0 Å². The van der Waals surface area contributed by atoms with E-state index in [4.69, 9.17) is 18.6 Å². The molecule has 0 amide bonds. The molecule has 10 heteroatoms. The minimum atomic E-state index is -4.54. The van der Waals surface area contributed by atoms with Crippen molar-refractivity contribution in [3.05, 3.63) is 42.0 Å². The van der Waals surface area contributed by atoms with Crippen molar-refractivity contribution in [2.24, 2.45) is 0 Å². The molecule has 0 spiro atoms. The van der Waals surface area contributed by atoms with Crippen molar-refractivity contribution in [1.29, 1.82) is 0 Å². The number of aliphatic hydroxyl groups excluding tert-OH is 2. The molecule has 0 radical (unpaired) electrons. The first-order chi connectivity index (χ1) is 14.2. The number of alkyl halides is 3. The number of hydrogen-bond acceptors (Lipinski definition) is 6. The number of ether oxygens (including phenoxy) is 3. The molecule has 0 aliphatic heterocycles. The van der Waals surface area contributed by atoms with Crippen molar-refractivity contribution >= 4 is 13.5 Å². The molecule has 0 unspecified atom stereocenters. The quantitative estimate of drug-likeness (QED) is 0.547. The maximum absolute atomic E-state index is 13.3. The SMILES string of the molecule is COc1cc(OC)c(O[Si](CCO)(CCO)c2cccc(C(F)(F)F)c2)c(OC)c1. The van der Waals surface area contributed by atoms with Gasteiger partial charge in [0.2, 0.25) is 0 Å². The molecule has 2 N–H and O–H groups in total.